The minimum atomic E-state index is 0.695. The lowest BCUT2D eigenvalue weighted by molar-refractivity contribution is 0.716. The first-order valence-electron chi connectivity index (χ1n) is 4.71. The van der Waals surface area contributed by atoms with E-state index in [1.807, 2.05) is 26.8 Å². The van der Waals surface area contributed by atoms with Gasteiger partial charge in [0.1, 0.15) is 0 Å². The number of pyridine rings is 1. The van der Waals surface area contributed by atoms with E-state index in [1.54, 1.807) is 6.20 Å². The zero-order valence-electron chi connectivity index (χ0n) is 9.02. The molecule has 5 heteroatoms. The Hall–Kier alpha value is -1.91. The average molecular weight is 203 g/mol. The topological polar surface area (TPSA) is 69.6 Å². The molecule has 2 heterocycles. The predicted octanol–water partition coefficient (Wildman–Crippen LogP) is 1.17. The first kappa shape index (κ1) is 9.64. The number of hydrogen-bond donors (Lipinski definition) is 1. The number of nitrogens with two attached hydrogens (primary N) is 1. The van der Waals surface area contributed by atoms with Crippen molar-refractivity contribution in [2.24, 2.45) is 0 Å². The number of hydrogen-bond acceptors (Lipinski definition) is 4. The Kier molecular flexibility index (Phi) is 2.15. The third-order valence-corrected chi connectivity index (χ3v) is 2.21. The van der Waals surface area contributed by atoms with Gasteiger partial charge in [0.25, 0.3) is 0 Å². The molecule has 0 aliphatic heterocycles. The summed E-state index contributed by atoms with van der Waals surface area (Å²) in [6, 6.07) is 1.89. The maximum atomic E-state index is 5.76. The van der Waals surface area contributed by atoms with E-state index in [-0.39, 0.29) is 0 Å². The summed E-state index contributed by atoms with van der Waals surface area (Å²) in [5.41, 5.74) is 9.08. The van der Waals surface area contributed by atoms with Crippen LogP contribution in [0.1, 0.15) is 17.0 Å². The Balaban J connectivity index is 2.58. The van der Waals surface area contributed by atoms with E-state index >= 15 is 0 Å². The summed E-state index contributed by atoms with van der Waals surface area (Å²) in [6.07, 6.45) is 1.70. The SMILES string of the molecule is Cc1cnn(-c2nc(C)c(N)cc2C)n1. The molecule has 2 N–H and O–H groups in total. The van der Waals surface area contributed by atoms with Gasteiger partial charge in [0, 0.05) is 0 Å². The molecule has 0 spiro atoms. The van der Waals surface area contributed by atoms with Gasteiger partial charge in [0.05, 0.1) is 23.3 Å². The molecule has 0 atom stereocenters. The van der Waals surface area contributed by atoms with Crippen molar-refractivity contribution in [2.45, 2.75) is 20.8 Å². The zero-order valence-corrected chi connectivity index (χ0v) is 9.02. The molecule has 5 nitrogen and oxygen atoms in total. The third-order valence-electron chi connectivity index (χ3n) is 2.21. The van der Waals surface area contributed by atoms with Gasteiger partial charge < -0.3 is 5.73 Å². The molecule has 2 aromatic heterocycles. The quantitative estimate of drug-likeness (QED) is 0.755. The van der Waals surface area contributed by atoms with Crippen LogP contribution in [-0.2, 0) is 0 Å². The Labute approximate surface area is 87.9 Å². The number of nitrogen functional groups attached to an aromatic ring is 1. The second kappa shape index (κ2) is 3.34. The molecular formula is C10H13N5. The Morgan fingerprint density at radius 3 is 2.60 bits per heavy atom. The molecule has 0 radical (unpaired) electrons. The largest absolute Gasteiger partial charge is 0.397 e. The second-order valence-corrected chi connectivity index (χ2v) is 3.58. The van der Waals surface area contributed by atoms with E-state index in [9.17, 15) is 0 Å². The highest BCUT2D eigenvalue weighted by atomic mass is 15.5. The molecule has 78 valence electrons. The standard InChI is InChI=1S/C10H13N5/c1-6-4-9(11)8(3)13-10(6)15-12-5-7(2)14-15/h4-5H,11H2,1-3H3. The van der Waals surface area contributed by atoms with Crippen molar-refractivity contribution >= 4 is 5.69 Å². The van der Waals surface area contributed by atoms with Gasteiger partial charge in [0.15, 0.2) is 5.82 Å². The normalized spacial score (nSPS) is 10.6. The van der Waals surface area contributed by atoms with E-state index in [4.69, 9.17) is 5.73 Å². The lowest BCUT2D eigenvalue weighted by Gasteiger charge is -2.06. The summed E-state index contributed by atoms with van der Waals surface area (Å²) in [5, 5.41) is 8.33. The molecule has 0 aliphatic carbocycles. The lowest BCUT2D eigenvalue weighted by Crippen LogP contribution is -2.07. The van der Waals surface area contributed by atoms with Crippen LogP contribution < -0.4 is 5.73 Å². The van der Waals surface area contributed by atoms with E-state index in [0.29, 0.717) is 5.69 Å². The van der Waals surface area contributed by atoms with Crippen LogP contribution in [0.5, 0.6) is 0 Å². The van der Waals surface area contributed by atoms with Crippen molar-refractivity contribution in [2.75, 3.05) is 5.73 Å². The molecule has 2 rings (SSSR count). The summed E-state index contributed by atoms with van der Waals surface area (Å²) < 4.78 is 0. The molecule has 0 bridgehead atoms. The van der Waals surface area contributed by atoms with Crippen LogP contribution in [0.4, 0.5) is 5.69 Å². The van der Waals surface area contributed by atoms with E-state index in [0.717, 1.165) is 22.8 Å². The van der Waals surface area contributed by atoms with Gasteiger partial charge in [-0.3, -0.25) is 0 Å². The predicted molar refractivity (Wildman–Crippen MR) is 57.8 cm³/mol. The van der Waals surface area contributed by atoms with Gasteiger partial charge in [-0.15, -0.1) is 4.80 Å². The van der Waals surface area contributed by atoms with Crippen molar-refractivity contribution in [3.8, 4) is 5.82 Å². The number of anilines is 1. The van der Waals surface area contributed by atoms with Gasteiger partial charge in [-0.05, 0) is 32.4 Å². The van der Waals surface area contributed by atoms with E-state index in [1.165, 1.54) is 4.80 Å². The fourth-order valence-electron chi connectivity index (χ4n) is 1.36. The van der Waals surface area contributed by atoms with E-state index in [2.05, 4.69) is 15.2 Å². The molecule has 0 saturated heterocycles. The summed E-state index contributed by atoms with van der Waals surface area (Å²) in [5.74, 6) is 0.731. The summed E-state index contributed by atoms with van der Waals surface area (Å²) in [7, 11) is 0. The first-order valence-corrected chi connectivity index (χ1v) is 4.71. The number of rotatable bonds is 1. The molecule has 0 amide bonds. The highest BCUT2D eigenvalue weighted by molar-refractivity contribution is 5.49. The first-order chi connectivity index (χ1) is 7.08. The van der Waals surface area contributed by atoms with Crippen molar-refractivity contribution in [1.29, 1.82) is 0 Å². The summed E-state index contributed by atoms with van der Waals surface area (Å²) in [6.45, 7) is 5.70. The van der Waals surface area contributed by atoms with Crippen molar-refractivity contribution < 1.29 is 0 Å². The maximum Gasteiger partial charge on any atom is 0.177 e. The lowest BCUT2D eigenvalue weighted by atomic mass is 10.2. The third kappa shape index (κ3) is 1.68. The zero-order chi connectivity index (χ0) is 11.0. The summed E-state index contributed by atoms with van der Waals surface area (Å²) >= 11 is 0. The number of aromatic nitrogens is 4. The molecule has 2 aromatic rings. The highest BCUT2D eigenvalue weighted by Gasteiger charge is 2.07. The maximum absolute atomic E-state index is 5.76. The minimum absolute atomic E-state index is 0.695. The molecule has 0 aliphatic rings. The van der Waals surface area contributed by atoms with Gasteiger partial charge in [0.2, 0.25) is 0 Å². The molecule has 0 aromatic carbocycles. The molecular weight excluding hydrogens is 190 g/mol. The average Bonchev–Trinajstić information content (AvgIpc) is 2.58. The van der Waals surface area contributed by atoms with Crippen LogP contribution in [0.2, 0.25) is 0 Å². The van der Waals surface area contributed by atoms with Gasteiger partial charge >= 0.3 is 0 Å². The van der Waals surface area contributed by atoms with Gasteiger partial charge in [-0.25, -0.2) is 4.98 Å². The monoisotopic (exact) mass is 203 g/mol. The molecule has 0 unspecified atom stereocenters. The van der Waals surface area contributed by atoms with Crippen LogP contribution in [0.25, 0.3) is 5.82 Å². The number of nitrogens with zero attached hydrogens (tertiary/aromatic N) is 4. The highest BCUT2D eigenvalue weighted by Crippen LogP contribution is 2.15. The van der Waals surface area contributed by atoms with Crippen molar-refractivity contribution in [1.82, 2.24) is 20.0 Å². The summed E-state index contributed by atoms with van der Waals surface area (Å²) in [4.78, 5) is 5.89. The van der Waals surface area contributed by atoms with Crippen LogP contribution >= 0.6 is 0 Å². The molecule has 15 heavy (non-hydrogen) atoms. The van der Waals surface area contributed by atoms with Crippen LogP contribution in [-0.4, -0.2) is 20.0 Å². The van der Waals surface area contributed by atoms with Crippen LogP contribution in [0, 0.1) is 20.8 Å². The minimum Gasteiger partial charge on any atom is -0.397 e. The van der Waals surface area contributed by atoms with Crippen LogP contribution in [0.3, 0.4) is 0 Å². The van der Waals surface area contributed by atoms with Gasteiger partial charge in [-0.2, -0.15) is 10.2 Å². The van der Waals surface area contributed by atoms with Crippen molar-refractivity contribution in [3.63, 3.8) is 0 Å². The fourth-order valence-corrected chi connectivity index (χ4v) is 1.36. The van der Waals surface area contributed by atoms with Crippen molar-refractivity contribution in [3.05, 3.63) is 29.2 Å². The number of aryl methyl sites for hydroxylation is 3. The fraction of sp³-hybridized carbons (Fsp3) is 0.300. The smallest absolute Gasteiger partial charge is 0.177 e. The van der Waals surface area contributed by atoms with Crippen LogP contribution in [0.15, 0.2) is 12.3 Å². The second-order valence-electron chi connectivity index (χ2n) is 3.58. The Morgan fingerprint density at radius 2 is 2.00 bits per heavy atom. The Morgan fingerprint density at radius 1 is 1.27 bits per heavy atom. The molecule has 0 fully saturated rings. The molecule has 0 saturated carbocycles. The van der Waals surface area contributed by atoms with E-state index < -0.39 is 0 Å². The van der Waals surface area contributed by atoms with Gasteiger partial charge in [-0.1, -0.05) is 0 Å². The Bertz CT molecular complexity index is 501.